The van der Waals surface area contributed by atoms with Gasteiger partial charge in [-0.25, -0.2) is 0 Å². The number of benzene rings is 1. The third-order valence-corrected chi connectivity index (χ3v) is 3.82. The Kier molecular flexibility index (Phi) is 6.03. The first-order valence-electron chi connectivity index (χ1n) is 7.17. The highest BCUT2D eigenvalue weighted by Gasteiger charge is 2.45. The van der Waals surface area contributed by atoms with E-state index < -0.39 is 5.54 Å². The lowest BCUT2D eigenvalue weighted by Crippen LogP contribution is -2.43. The molecule has 1 aliphatic carbocycles. The van der Waals surface area contributed by atoms with Gasteiger partial charge in [-0.05, 0) is 42.7 Å². The fraction of sp³-hybridized carbons (Fsp3) is 0.562. The molecule has 3 N–H and O–H groups in total. The molecule has 0 heterocycles. The second-order valence-electron chi connectivity index (χ2n) is 5.91. The van der Waals surface area contributed by atoms with Crippen molar-refractivity contribution in [1.82, 2.24) is 5.32 Å². The number of aryl methyl sites for hydroxylation is 1. The van der Waals surface area contributed by atoms with Crippen molar-refractivity contribution in [1.29, 1.82) is 0 Å². The van der Waals surface area contributed by atoms with Crippen molar-refractivity contribution in [3.8, 4) is 0 Å². The molecule has 1 aromatic carbocycles. The second-order valence-corrected chi connectivity index (χ2v) is 5.91. The Balaban J connectivity index is 0.00000200. The van der Waals surface area contributed by atoms with E-state index in [0.29, 0.717) is 12.5 Å². The van der Waals surface area contributed by atoms with Gasteiger partial charge in [-0.3, -0.25) is 4.79 Å². The fourth-order valence-electron chi connectivity index (χ4n) is 2.10. The summed E-state index contributed by atoms with van der Waals surface area (Å²) in [5, 5.41) is 2.92. The summed E-state index contributed by atoms with van der Waals surface area (Å²) in [4.78, 5) is 11.6. The van der Waals surface area contributed by atoms with Crippen LogP contribution in [0, 0.1) is 0 Å². The number of amides is 1. The van der Waals surface area contributed by atoms with Crippen molar-refractivity contribution >= 4 is 18.3 Å². The van der Waals surface area contributed by atoms with Gasteiger partial charge in [0.15, 0.2) is 0 Å². The van der Waals surface area contributed by atoms with Gasteiger partial charge in [0.1, 0.15) is 0 Å². The number of nitrogens with two attached hydrogens (primary N) is 1. The number of halogens is 1. The van der Waals surface area contributed by atoms with Crippen LogP contribution in [-0.2, 0) is 11.2 Å². The van der Waals surface area contributed by atoms with Gasteiger partial charge in [-0.2, -0.15) is 0 Å². The zero-order valence-electron chi connectivity index (χ0n) is 12.3. The maximum absolute atomic E-state index is 11.6. The summed E-state index contributed by atoms with van der Waals surface area (Å²) in [7, 11) is 0. The summed E-state index contributed by atoms with van der Waals surface area (Å²) in [6.07, 6.45) is 3.62. The van der Waals surface area contributed by atoms with Gasteiger partial charge >= 0.3 is 0 Å². The fourth-order valence-corrected chi connectivity index (χ4v) is 2.10. The van der Waals surface area contributed by atoms with Crippen LogP contribution in [-0.4, -0.2) is 18.0 Å². The van der Waals surface area contributed by atoms with Gasteiger partial charge in [0, 0.05) is 6.54 Å². The molecule has 0 aliphatic heterocycles. The summed E-state index contributed by atoms with van der Waals surface area (Å²) in [6.45, 7) is 5.11. The van der Waals surface area contributed by atoms with Crippen LogP contribution in [0.5, 0.6) is 0 Å². The molecule has 0 spiro atoms. The molecule has 1 fully saturated rings. The molecule has 4 heteroatoms. The number of carbonyl (C=O) groups excluding carboxylic acids is 1. The average molecular weight is 297 g/mol. The predicted molar refractivity (Wildman–Crippen MR) is 85.3 cm³/mol. The number of hydrogen-bond donors (Lipinski definition) is 2. The van der Waals surface area contributed by atoms with Crippen LogP contribution >= 0.6 is 12.4 Å². The van der Waals surface area contributed by atoms with Crippen molar-refractivity contribution in [3.63, 3.8) is 0 Å². The first kappa shape index (κ1) is 17.0. The van der Waals surface area contributed by atoms with E-state index in [1.54, 1.807) is 0 Å². The lowest BCUT2D eigenvalue weighted by Gasteiger charge is -2.10. The first-order valence-corrected chi connectivity index (χ1v) is 7.17. The molecule has 20 heavy (non-hydrogen) atoms. The van der Waals surface area contributed by atoms with E-state index in [0.717, 1.165) is 25.7 Å². The summed E-state index contributed by atoms with van der Waals surface area (Å²) in [5.74, 6) is 0.593. The van der Waals surface area contributed by atoms with Crippen molar-refractivity contribution in [2.45, 2.75) is 51.0 Å². The van der Waals surface area contributed by atoms with Crippen molar-refractivity contribution in [3.05, 3.63) is 35.4 Å². The smallest absolute Gasteiger partial charge is 0.240 e. The summed E-state index contributed by atoms with van der Waals surface area (Å²) in [5.41, 5.74) is 7.97. The van der Waals surface area contributed by atoms with Crippen LogP contribution in [0.2, 0.25) is 0 Å². The quantitative estimate of drug-likeness (QED) is 0.793. The van der Waals surface area contributed by atoms with Crippen LogP contribution in [0.25, 0.3) is 0 Å². The molecule has 0 bridgehead atoms. The topological polar surface area (TPSA) is 55.1 Å². The van der Waals surface area contributed by atoms with E-state index in [9.17, 15) is 4.79 Å². The Hall–Kier alpha value is -1.06. The Labute approximate surface area is 127 Å². The van der Waals surface area contributed by atoms with Gasteiger partial charge in [0.05, 0.1) is 5.54 Å². The Morgan fingerprint density at radius 2 is 1.90 bits per heavy atom. The van der Waals surface area contributed by atoms with Crippen LogP contribution in [0.1, 0.15) is 50.2 Å². The van der Waals surface area contributed by atoms with E-state index in [2.05, 4.69) is 43.4 Å². The Bertz CT molecular complexity index is 438. The number of nitrogens with one attached hydrogen (secondary N) is 1. The molecule has 1 aliphatic rings. The maximum atomic E-state index is 11.6. The van der Waals surface area contributed by atoms with Crippen molar-refractivity contribution in [2.24, 2.45) is 5.73 Å². The molecule has 3 nitrogen and oxygen atoms in total. The molecule has 0 unspecified atom stereocenters. The predicted octanol–water partition coefficient (Wildman–Crippen LogP) is 2.77. The standard InChI is InChI=1S/C16H24N2O.ClH/c1-12(2)14-7-5-13(6-8-14)4-3-11-18-15(19)16(17)9-10-16;/h5-8,12H,3-4,9-11,17H2,1-2H3,(H,18,19);1H. The Morgan fingerprint density at radius 1 is 1.30 bits per heavy atom. The maximum Gasteiger partial charge on any atom is 0.240 e. The van der Waals surface area contributed by atoms with E-state index >= 15 is 0 Å². The zero-order chi connectivity index (χ0) is 13.9. The Morgan fingerprint density at radius 3 is 2.40 bits per heavy atom. The molecule has 2 rings (SSSR count). The van der Waals surface area contributed by atoms with E-state index in [-0.39, 0.29) is 18.3 Å². The van der Waals surface area contributed by atoms with E-state index in [4.69, 9.17) is 5.73 Å². The summed E-state index contributed by atoms with van der Waals surface area (Å²) < 4.78 is 0. The van der Waals surface area contributed by atoms with Crippen LogP contribution < -0.4 is 11.1 Å². The molecule has 1 amide bonds. The minimum Gasteiger partial charge on any atom is -0.354 e. The van der Waals surface area contributed by atoms with Crippen LogP contribution in [0.3, 0.4) is 0 Å². The molecular weight excluding hydrogens is 272 g/mol. The number of hydrogen-bond acceptors (Lipinski definition) is 2. The average Bonchev–Trinajstić information content (AvgIpc) is 3.14. The third kappa shape index (κ3) is 4.50. The lowest BCUT2D eigenvalue weighted by molar-refractivity contribution is -0.123. The van der Waals surface area contributed by atoms with Crippen LogP contribution in [0.4, 0.5) is 0 Å². The zero-order valence-corrected chi connectivity index (χ0v) is 13.1. The third-order valence-electron chi connectivity index (χ3n) is 3.82. The highest BCUT2D eigenvalue weighted by atomic mass is 35.5. The highest BCUT2D eigenvalue weighted by molar-refractivity contribution is 5.88. The molecule has 0 atom stereocenters. The highest BCUT2D eigenvalue weighted by Crippen LogP contribution is 2.31. The van der Waals surface area contributed by atoms with Gasteiger partial charge in [0.25, 0.3) is 0 Å². The molecule has 0 radical (unpaired) electrons. The van der Waals surface area contributed by atoms with Gasteiger partial charge in [0.2, 0.25) is 5.91 Å². The number of carbonyl (C=O) groups is 1. The SMILES string of the molecule is CC(C)c1ccc(CCCNC(=O)C2(N)CC2)cc1.Cl. The van der Waals surface area contributed by atoms with Crippen molar-refractivity contribution in [2.75, 3.05) is 6.54 Å². The van der Waals surface area contributed by atoms with Gasteiger partial charge in [-0.1, -0.05) is 38.1 Å². The van der Waals surface area contributed by atoms with E-state index in [1.807, 2.05) is 0 Å². The monoisotopic (exact) mass is 296 g/mol. The summed E-state index contributed by atoms with van der Waals surface area (Å²) >= 11 is 0. The summed E-state index contributed by atoms with van der Waals surface area (Å²) in [6, 6.07) is 8.75. The molecule has 112 valence electrons. The molecule has 0 saturated heterocycles. The van der Waals surface area contributed by atoms with Gasteiger partial charge in [-0.15, -0.1) is 12.4 Å². The second kappa shape index (κ2) is 7.09. The normalized spacial score (nSPS) is 15.6. The minimum absolute atomic E-state index is 0. The first-order chi connectivity index (χ1) is 9.01. The molecule has 0 aromatic heterocycles. The van der Waals surface area contributed by atoms with Crippen LogP contribution in [0.15, 0.2) is 24.3 Å². The molecule has 1 aromatic rings. The lowest BCUT2D eigenvalue weighted by atomic mass is 10.0. The largest absolute Gasteiger partial charge is 0.354 e. The molecular formula is C16H25ClN2O. The number of rotatable bonds is 6. The molecule has 1 saturated carbocycles. The van der Waals surface area contributed by atoms with E-state index in [1.165, 1.54) is 11.1 Å². The van der Waals surface area contributed by atoms with Gasteiger partial charge < -0.3 is 11.1 Å². The minimum atomic E-state index is -0.543. The van der Waals surface area contributed by atoms with Crippen molar-refractivity contribution < 1.29 is 4.79 Å².